The van der Waals surface area contributed by atoms with Crippen molar-refractivity contribution in [3.63, 3.8) is 0 Å². The topological polar surface area (TPSA) is 140 Å². The molecule has 0 aliphatic heterocycles. The molecule has 0 saturated heterocycles. The molecule has 0 amide bonds. The summed E-state index contributed by atoms with van der Waals surface area (Å²) in [5.74, 6) is 5.38. The zero-order chi connectivity index (χ0) is 11.9. The van der Waals surface area contributed by atoms with Gasteiger partial charge in [0.25, 0.3) is 6.33 Å². The number of rotatable bonds is 3. The Balaban J connectivity index is 0.000000336. The number of unbranched alkanes of at least 4 members (excludes halogenated alkanes) is 1. The molecular formula is C6H13ClN4O4. The van der Waals surface area contributed by atoms with Crippen LogP contribution in [0, 0.1) is 10.2 Å². The quantitative estimate of drug-likeness (QED) is 0.414. The third-order valence-corrected chi connectivity index (χ3v) is 1.34. The van der Waals surface area contributed by atoms with Crippen LogP contribution in [0.25, 0.3) is 0 Å². The monoisotopic (exact) mass is 240 g/mol. The minimum Gasteiger partial charge on any atom is -0.289 e. The van der Waals surface area contributed by atoms with Crippen molar-refractivity contribution in [3.8, 4) is 0 Å². The molecule has 1 aromatic rings. The summed E-state index contributed by atoms with van der Waals surface area (Å²) in [4.78, 5) is 0. The van der Waals surface area contributed by atoms with Gasteiger partial charge in [0.1, 0.15) is 6.54 Å². The van der Waals surface area contributed by atoms with E-state index in [1.807, 2.05) is 4.68 Å². The van der Waals surface area contributed by atoms with Crippen LogP contribution in [0.3, 0.4) is 0 Å². The first-order valence-electron chi connectivity index (χ1n) is 4.13. The summed E-state index contributed by atoms with van der Waals surface area (Å²) >= 11 is 0. The molecule has 1 rings (SSSR count). The number of hydrogen-bond acceptors (Lipinski definition) is 6. The Labute approximate surface area is 88.9 Å². The summed E-state index contributed by atoms with van der Waals surface area (Å²) in [6.07, 6.45) is 5.71. The van der Waals surface area contributed by atoms with Crippen LogP contribution in [0.5, 0.6) is 0 Å². The van der Waals surface area contributed by atoms with E-state index in [0.29, 0.717) is 0 Å². The van der Waals surface area contributed by atoms with E-state index in [4.69, 9.17) is 24.5 Å². The van der Waals surface area contributed by atoms with Crippen molar-refractivity contribution >= 4 is 0 Å². The molecule has 0 aliphatic rings. The maximum Gasteiger partial charge on any atom is 0.286 e. The van der Waals surface area contributed by atoms with Crippen LogP contribution in [-0.4, -0.2) is 9.78 Å². The van der Waals surface area contributed by atoms with Crippen molar-refractivity contribution in [2.45, 2.75) is 26.3 Å². The van der Waals surface area contributed by atoms with Crippen LogP contribution in [0.15, 0.2) is 12.7 Å². The van der Waals surface area contributed by atoms with Gasteiger partial charge < -0.3 is 0 Å². The van der Waals surface area contributed by atoms with E-state index in [-0.39, 0.29) is 0 Å². The lowest BCUT2D eigenvalue weighted by molar-refractivity contribution is -2.00. The van der Waals surface area contributed by atoms with Gasteiger partial charge in [0.05, 0.1) is 0 Å². The van der Waals surface area contributed by atoms with E-state index in [9.17, 15) is 0 Å². The zero-order valence-electron chi connectivity index (χ0n) is 8.21. The lowest BCUT2D eigenvalue weighted by atomic mass is 10.3. The molecule has 0 bridgehead atoms. The smallest absolute Gasteiger partial charge is 0.286 e. The number of nitrogens with two attached hydrogens (primary N) is 1. The molecule has 88 valence electrons. The summed E-state index contributed by atoms with van der Waals surface area (Å²) in [7, 11) is -4.94. The summed E-state index contributed by atoms with van der Waals surface area (Å²) in [6.45, 7) is 3.11. The first kappa shape index (κ1) is 14.1. The first-order valence-corrected chi connectivity index (χ1v) is 5.37. The summed E-state index contributed by atoms with van der Waals surface area (Å²) in [5.41, 5.74) is 0. The third-order valence-electron chi connectivity index (χ3n) is 1.34. The van der Waals surface area contributed by atoms with Crippen LogP contribution in [0.1, 0.15) is 19.8 Å². The fourth-order valence-corrected chi connectivity index (χ4v) is 0.775. The molecule has 0 unspecified atom stereocenters. The predicted octanol–water partition coefficient (Wildman–Crippen LogP) is -5.07. The number of aryl methyl sites for hydroxylation is 1. The molecule has 1 aromatic heterocycles. The van der Waals surface area contributed by atoms with Gasteiger partial charge in [-0.15, -0.1) is 19.6 Å². The van der Waals surface area contributed by atoms with E-state index in [0.717, 1.165) is 13.0 Å². The normalized spacial score (nSPS) is 10.7. The standard InChI is InChI=1S/C6H13N4.ClHO4/c1-2-3-4-10-6-9(7)5-8-10;2-1(3,4)5/h5-6H,2-4,7H2,1H3;(H,2,3,4,5)/q+1;/p-1. The molecule has 0 atom stereocenters. The van der Waals surface area contributed by atoms with Gasteiger partial charge in [0, 0.05) is 5.10 Å². The molecule has 0 radical (unpaired) electrons. The van der Waals surface area contributed by atoms with Crippen LogP contribution in [-0.2, 0) is 6.54 Å². The number of nitrogen functional groups attached to an aromatic ring is 1. The van der Waals surface area contributed by atoms with Gasteiger partial charge in [0.15, 0.2) is 0 Å². The molecule has 0 spiro atoms. The largest absolute Gasteiger partial charge is 0.289 e. The highest BCUT2D eigenvalue weighted by molar-refractivity contribution is 4.45. The lowest BCUT2D eigenvalue weighted by Gasteiger charge is -2.17. The zero-order valence-corrected chi connectivity index (χ0v) is 8.96. The van der Waals surface area contributed by atoms with E-state index < -0.39 is 10.2 Å². The van der Waals surface area contributed by atoms with E-state index >= 15 is 0 Å². The van der Waals surface area contributed by atoms with E-state index in [1.165, 1.54) is 11.1 Å². The molecule has 15 heavy (non-hydrogen) atoms. The van der Waals surface area contributed by atoms with Gasteiger partial charge in [-0.3, -0.25) is 5.84 Å². The molecule has 1 heterocycles. The second kappa shape index (κ2) is 6.53. The van der Waals surface area contributed by atoms with Crippen molar-refractivity contribution in [2.75, 3.05) is 5.84 Å². The van der Waals surface area contributed by atoms with Crippen molar-refractivity contribution in [3.05, 3.63) is 12.7 Å². The molecule has 0 aromatic carbocycles. The Bertz CT molecular complexity index is 268. The van der Waals surface area contributed by atoms with Crippen LogP contribution < -0.4 is 29.2 Å². The van der Waals surface area contributed by atoms with Crippen LogP contribution >= 0.6 is 0 Å². The molecular weight excluding hydrogens is 228 g/mol. The van der Waals surface area contributed by atoms with Gasteiger partial charge >= 0.3 is 0 Å². The molecule has 0 fully saturated rings. The highest BCUT2D eigenvalue weighted by Crippen LogP contribution is 1.88. The molecule has 0 aliphatic carbocycles. The number of hydrogen-bond donors (Lipinski definition) is 1. The minimum atomic E-state index is -4.94. The van der Waals surface area contributed by atoms with Crippen LogP contribution in [0.2, 0.25) is 0 Å². The second-order valence-corrected chi connectivity index (χ2v) is 3.44. The van der Waals surface area contributed by atoms with Crippen molar-refractivity contribution in [1.82, 2.24) is 9.78 Å². The molecule has 0 saturated carbocycles. The van der Waals surface area contributed by atoms with Gasteiger partial charge in [-0.25, -0.2) is 18.6 Å². The maximum atomic E-state index is 8.49. The fourth-order valence-electron chi connectivity index (χ4n) is 0.775. The van der Waals surface area contributed by atoms with Gasteiger partial charge in [0.2, 0.25) is 6.33 Å². The Kier molecular flexibility index (Phi) is 6.13. The van der Waals surface area contributed by atoms with Gasteiger partial charge in [-0.05, 0) is 6.42 Å². The number of halogens is 1. The van der Waals surface area contributed by atoms with Gasteiger partial charge in [-0.1, -0.05) is 13.3 Å². The van der Waals surface area contributed by atoms with Crippen molar-refractivity contribution < 1.29 is 33.6 Å². The molecule has 2 N–H and O–H groups in total. The SMILES string of the molecule is CCCCn1c[n+](N)cn1.[O-][Cl+3]([O-])([O-])[O-]. The van der Waals surface area contributed by atoms with E-state index in [2.05, 4.69) is 12.0 Å². The van der Waals surface area contributed by atoms with Crippen molar-refractivity contribution in [1.29, 1.82) is 0 Å². The fraction of sp³-hybridized carbons (Fsp3) is 0.667. The molecule has 9 heteroatoms. The first-order chi connectivity index (χ1) is 6.83. The Morgan fingerprint density at radius 3 is 2.27 bits per heavy atom. The van der Waals surface area contributed by atoms with Gasteiger partial charge in [-0.2, -0.15) is 0 Å². The Hall–Kier alpha value is -0.930. The highest BCUT2D eigenvalue weighted by Gasteiger charge is 1.99. The Morgan fingerprint density at radius 1 is 1.40 bits per heavy atom. The predicted molar refractivity (Wildman–Crippen MR) is 37.5 cm³/mol. The summed E-state index contributed by atoms with van der Waals surface area (Å²) in [5, 5.41) is 4.01. The number of aromatic nitrogens is 3. The van der Waals surface area contributed by atoms with E-state index in [1.54, 1.807) is 12.7 Å². The minimum absolute atomic E-state index is 0.959. The summed E-state index contributed by atoms with van der Waals surface area (Å²) in [6, 6.07) is 0. The average molecular weight is 241 g/mol. The number of nitrogens with zero attached hydrogens (tertiary/aromatic N) is 3. The van der Waals surface area contributed by atoms with Crippen LogP contribution in [0.4, 0.5) is 0 Å². The average Bonchev–Trinajstić information content (AvgIpc) is 2.45. The van der Waals surface area contributed by atoms with Crippen molar-refractivity contribution in [2.24, 2.45) is 0 Å². The maximum absolute atomic E-state index is 8.49. The second-order valence-electron chi connectivity index (χ2n) is 2.69. The lowest BCUT2D eigenvalue weighted by Crippen LogP contribution is -2.68. The molecule has 8 nitrogen and oxygen atoms in total. The highest BCUT2D eigenvalue weighted by atomic mass is 35.7. The third kappa shape index (κ3) is 11.0. The Morgan fingerprint density at radius 2 is 1.93 bits per heavy atom. The summed E-state index contributed by atoms with van der Waals surface area (Å²) < 4.78 is 37.3.